The van der Waals surface area contributed by atoms with E-state index in [1.807, 2.05) is 0 Å². The molecule has 0 aliphatic heterocycles. The van der Waals surface area contributed by atoms with Crippen molar-refractivity contribution in [3.63, 3.8) is 0 Å². The second kappa shape index (κ2) is 5.54. The number of carbonyl (C=O) groups excluding carboxylic acids is 1. The molecule has 104 valence electrons. The molecule has 0 saturated carbocycles. The normalized spacial score (nSPS) is 10.3. The number of pyridine rings is 1. The van der Waals surface area contributed by atoms with Crippen LogP contribution >= 0.6 is 0 Å². The molecule has 1 aromatic carbocycles. The van der Waals surface area contributed by atoms with Crippen LogP contribution < -0.4 is 5.32 Å². The number of amides is 1. The van der Waals surface area contributed by atoms with E-state index in [-0.39, 0.29) is 11.6 Å². The number of nitrogens with one attached hydrogen (secondary N) is 1. The minimum absolute atomic E-state index is 0.129. The summed E-state index contributed by atoms with van der Waals surface area (Å²) in [6, 6.07) is 12.6. The molecular formula is C15H10FN3O2. The van der Waals surface area contributed by atoms with Gasteiger partial charge in [0.15, 0.2) is 0 Å². The Bertz CT molecular complexity index is 771. The van der Waals surface area contributed by atoms with Gasteiger partial charge in [-0.1, -0.05) is 23.4 Å². The zero-order chi connectivity index (χ0) is 14.7. The first-order chi connectivity index (χ1) is 10.2. The van der Waals surface area contributed by atoms with Crippen molar-refractivity contribution in [1.29, 1.82) is 0 Å². The molecule has 0 bridgehead atoms. The Kier molecular flexibility index (Phi) is 3.42. The number of carbonyl (C=O) groups is 1. The van der Waals surface area contributed by atoms with Crippen LogP contribution in [0.5, 0.6) is 0 Å². The number of hydrogen-bond donors (Lipinski definition) is 1. The molecule has 0 fully saturated rings. The van der Waals surface area contributed by atoms with Gasteiger partial charge in [-0.25, -0.2) is 4.39 Å². The Morgan fingerprint density at radius 1 is 1.14 bits per heavy atom. The van der Waals surface area contributed by atoms with Crippen LogP contribution in [-0.2, 0) is 0 Å². The van der Waals surface area contributed by atoms with Gasteiger partial charge in [0.1, 0.15) is 17.2 Å². The molecule has 1 N–H and O–H groups in total. The van der Waals surface area contributed by atoms with Gasteiger partial charge in [0, 0.05) is 17.8 Å². The number of halogens is 1. The lowest BCUT2D eigenvalue weighted by molar-refractivity contribution is 0.101. The van der Waals surface area contributed by atoms with Gasteiger partial charge in [0.05, 0.1) is 0 Å². The van der Waals surface area contributed by atoms with E-state index in [0.717, 1.165) is 0 Å². The van der Waals surface area contributed by atoms with Crippen LogP contribution in [0.4, 0.5) is 10.3 Å². The smallest absolute Gasteiger partial charge is 0.276 e. The number of anilines is 1. The molecule has 0 spiro atoms. The molecule has 3 aromatic rings. The van der Waals surface area contributed by atoms with Gasteiger partial charge in [-0.05, 0) is 24.3 Å². The van der Waals surface area contributed by atoms with Gasteiger partial charge in [-0.3, -0.25) is 15.1 Å². The first-order valence-electron chi connectivity index (χ1n) is 6.18. The van der Waals surface area contributed by atoms with Crippen molar-refractivity contribution in [3.8, 4) is 11.3 Å². The van der Waals surface area contributed by atoms with E-state index in [9.17, 15) is 9.18 Å². The van der Waals surface area contributed by atoms with E-state index in [1.54, 1.807) is 36.4 Å². The Morgan fingerprint density at radius 3 is 2.71 bits per heavy atom. The Hall–Kier alpha value is -3.02. The topological polar surface area (TPSA) is 68.0 Å². The first-order valence-corrected chi connectivity index (χ1v) is 6.18. The molecule has 3 rings (SSSR count). The SMILES string of the molecule is O=C(Nc1cc(-c2ccccc2F)no1)c1ccccn1. The number of rotatable bonds is 3. The van der Waals surface area contributed by atoms with E-state index in [4.69, 9.17) is 4.52 Å². The molecule has 21 heavy (non-hydrogen) atoms. The van der Waals surface area contributed by atoms with E-state index >= 15 is 0 Å². The zero-order valence-electron chi connectivity index (χ0n) is 10.8. The van der Waals surface area contributed by atoms with Crippen molar-refractivity contribution < 1.29 is 13.7 Å². The summed E-state index contributed by atoms with van der Waals surface area (Å²) in [6.07, 6.45) is 1.51. The summed E-state index contributed by atoms with van der Waals surface area (Å²) in [5.41, 5.74) is 0.866. The summed E-state index contributed by atoms with van der Waals surface area (Å²) >= 11 is 0. The second-order valence-electron chi connectivity index (χ2n) is 4.23. The molecule has 6 heteroatoms. The third kappa shape index (κ3) is 2.79. The molecule has 2 aromatic heterocycles. The molecule has 0 saturated heterocycles. The van der Waals surface area contributed by atoms with Crippen molar-refractivity contribution >= 4 is 11.8 Å². The summed E-state index contributed by atoms with van der Waals surface area (Å²) in [4.78, 5) is 15.8. The maximum atomic E-state index is 13.6. The number of nitrogens with zero attached hydrogens (tertiary/aromatic N) is 2. The van der Waals surface area contributed by atoms with Gasteiger partial charge in [0.2, 0.25) is 5.88 Å². The van der Waals surface area contributed by atoms with Crippen LogP contribution in [0.2, 0.25) is 0 Å². The highest BCUT2D eigenvalue weighted by atomic mass is 19.1. The lowest BCUT2D eigenvalue weighted by atomic mass is 10.1. The Morgan fingerprint density at radius 2 is 1.95 bits per heavy atom. The van der Waals surface area contributed by atoms with Gasteiger partial charge in [0.25, 0.3) is 5.91 Å². The van der Waals surface area contributed by atoms with E-state index < -0.39 is 11.7 Å². The van der Waals surface area contributed by atoms with Gasteiger partial charge in [-0.15, -0.1) is 0 Å². The van der Waals surface area contributed by atoms with Crippen LogP contribution in [-0.4, -0.2) is 16.0 Å². The van der Waals surface area contributed by atoms with Crippen molar-refractivity contribution in [2.45, 2.75) is 0 Å². The minimum Gasteiger partial charge on any atom is -0.338 e. The highest BCUT2D eigenvalue weighted by molar-refractivity contribution is 6.02. The molecule has 0 aliphatic rings. The first kappa shape index (κ1) is 13.0. The molecule has 0 atom stereocenters. The number of aromatic nitrogens is 2. The van der Waals surface area contributed by atoms with Crippen molar-refractivity contribution in [2.24, 2.45) is 0 Å². The maximum absolute atomic E-state index is 13.6. The summed E-state index contributed by atoms with van der Waals surface area (Å²) in [5, 5.41) is 6.26. The fourth-order valence-corrected chi connectivity index (χ4v) is 1.80. The molecule has 0 radical (unpaired) electrons. The fourth-order valence-electron chi connectivity index (χ4n) is 1.80. The average Bonchev–Trinajstić information content (AvgIpc) is 2.97. The molecule has 0 unspecified atom stereocenters. The van der Waals surface area contributed by atoms with Crippen molar-refractivity contribution in [2.75, 3.05) is 5.32 Å². The van der Waals surface area contributed by atoms with Gasteiger partial charge >= 0.3 is 0 Å². The standard InChI is InChI=1S/C15H10FN3O2/c16-11-6-2-1-5-10(11)13-9-14(21-19-13)18-15(20)12-7-3-4-8-17-12/h1-9H,(H,18,20). The van der Waals surface area contributed by atoms with E-state index in [1.165, 1.54) is 18.3 Å². The zero-order valence-corrected chi connectivity index (χ0v) is 10.8. The highest BCUT2D eigenvalue weighted by Gasteiger charge is 2.13. The molecule has 0 aliphatic carbocycles. The summed E-state index contributed by atoms with van der Waals surface area (Å²) in [7, 11) is 0. The molecular weight excluding hydrogens is 273 g/mol. The lowest BCUT2D eigenvalue weighted by Crippen LogP contribution is -2.12. The molecule has 2 heterocycles. The Labute approximate surface area is 119 Å². The van der Waals surface area contributed by atoms with Crippen LogP contribution in [0, 0.1) is 5.82 Å². The van der Waals surface area contributed by atoms with Crippen LogP contribution in [0.15, 0.2) is 59.3 Å². The van der Waals surface area contributed by atoms with Crippen LogP contribution in [0.25, 0.3) is 11.3 Å². The van der Waals surface area contributed by atoms with Crippen molar-refractivity contribution in [1.82, 2.24) is 10.1 Å². The van der Waals surface area contributed by atoms with Gasteiger partial charge in [-0.2, -0.15) is 0 Å². The summed E-state index contributed by atoms with van der Waals surface area (Å²) in [6.45, 7) is 0. The highest BCUT2D eigenvalue weighted by Crippen LogP contribution is 2.24. The maximum Gasteiger partial charge on any atom is 0.276 e. The molecule has 5 nitrogen and oxygen atoms in total. The minimum atomic E-state index is -0.424. The third-order valence-corrected chi connectivity index (χ3v) is 2.79. The predicted molar refractivity (Wildman–Crippen MR) is 74.1 cm³/mol. The monoisotopic (exact) mass is 283 g/mol. The quantitative estimate of drug-likeness (QED) is 0.801. The number of hydrogen-bond acceptors (Lipinski definition) is 4. The van der Waals surface area contributed by atoms with Crippen LogP contribution in [0.3, 0.4) is 0 Å². The third-order valence-electron chi connectivity index (χ3n) is 2.79. The number of benzene rings is 1. The summed E-state index contributed by atoms with van der Waals surface area (Å²) < 4.78 is 18.6. The van der Waals surface area contributed by atoms with E-state index in [0.29, 0.717) is 11.3 Å². The molecule has 1 amide bonds. The summed E-state index contributed by atoms with van der Waals surface area (Å²) in [5.74, 6) is -0.704. The van der Waals surface area contributed by atoms with E-state index in [2.05, 4.69) is 15.5 Å². The van der Waals surface area contributed by atoms with Crippen molar-refractivity contribution in [3.05, 3.63) is 66.2 Å². The average molecular weight is 283 g/mol. The lowest BCUT2D eigenvalue weighted by Gasteiger charge is -1.98. The fraction of sp³-hybridized carbons (Fsp3) is 0. The largest absolute Gasteiger partial charge is 0.338 e. The Balaban J connectivity index is 1.80. The van der Waals surface area contributed by atoms with Gasteiger partial charge < -0.3 is 4.52 Å². The van der Waals surface area contributed by atoms with Crippen LogP contribution in [0.1, 0.15) is 10.5 Å². The second-order valence-corrected chi connectivity index (χ2v) is 4.23. The predicted octanol–water partition coefficient (Wildman–Crippen LogP) is 3.13.